The number of sulfone groups is 1. The highest BCUT2D eigenvalue weighted by Crippen LogP contribution is 2.30. The van der Waals surface area contributed by atoms with Crippen LogP contribution in [0.3, 0.4) is 0 Å². The van der Waals surface area contributed by atoms with Crippen molar-refractivity contribution in [2.75, 3.05) is 37.7 Å². The van der Waals surface area contributed by atoms with E-state index in [0.717, 1.165) is 19.6 Å². The van der Waals surface area contributed by atoms with Crippen molar-refractivity contribution in [3.05, 3.63) is 0 Å². The highest BCUT2D eigenvalue weighted by molar-refractivity contribution is 7.91. The molecule has 132 valence electrons. The minimum atomic E-state index is -3.00. The molecule has 23 heavy (non-hydrogen) atoms. The number of hydrogen-bond acceptors (Lipinski definition) is 5. The molecule has 0 spiro atoms. The van der Waals surface area contributed by atoms with Gasteiger partial charge in [-0.3, -0.25) is 14.6 Å². The first-order chi connectivity index (χ1) is 10.9. The summed E-state index contributed by atoms with van der Waals surface area (Å²) in [5.41, 5.74) is 0. The van der Waals surface area contributed by atoms with Gasteiger partial charge in [0.25, 0.3) is 0 Å². The Hall–Kier alpha value is -0.660. The van der Waals surface area contributed by atoms with E-state index in [1.54, 1.807) is 0 Å². The Morgan fingerprint density at radius 3 is 2.26 bits per heavy atom. The fourth-order valence-electron chi connectivity index (χ4n) is 4.54. The molecule has 0 radical (unpaired) electrons. The number of hydrogen-bond donors (Lipinski definition) is 1. The largest absolute Gasteiger partial charge is 0.481 e. The van der Waals surface area contributed by atoms with Gasteiger partial charge in [-0.15, -0.1) is 0 Å². The van der Waals surface area contributed by atoms with Crippen LogP contribution in [-0.4, -0.2) is 79.1 Å². The molecule has 1 N–H and O–H groups in total. The molecule has 2 saturated heterocycles. The minimum absolute atomic E-state index is 0.0170. The Kier molecular flexibility index (Phi) is 5.28. The van der Waals surface area contributed by atoms with E-state index in [1.165, 1.54) is 32.1 Å². The molecule has 0 amide bonds. The van der Waals surface area contributed by atoms with Crippen LogP contribution in [0.1, 0.15) is 38.5 Å². The first kappa shape index (κ1) is 17.2. The second-order valence-electron chi connectivity index (χ2n) is 7.39. The standard InChI is InChI=1S/C16H28N2O4S/c19-16(20)6-7-17-8-9-18(10-13-4-2-1-3-5-13)15-12-23(21,22)11-14(15)17/h13-15H,1-12H2,(H,19,20)/t14-,15+/m1/s1. The number of rotatable bonds is 5. The molecule has 3 aliphatic rings. The van der Waals surface area contributed by atoms with Gasteiger partial charge in [-0.25, -0.2) is 8.42 Å². The van der Waals surface area contributed by atoms with Crippen molar-refractivity contribution < 1.29 is 18.3 Å². The summed E-state index contributed by atoms with van der Waals surface area (Å²) in [6, 6.07) is 0.0427. The Morgan fingerprint density at radius 1 is 1.00 bits per heavy atom. The van der Waals surface area contributed by atoms with Crippen LogP contribution in [0.4, 0.5) is 0 Å². The zero-order valence-corrected chi connectivity index (χ0v) is 14.5. The van der Waals surface area contributed by atoms with Gasteiger partial charge in [0.15, 0.2) is 9.84 Å². The van der Waals surface area contributed by atoms with Crippen LogP contribution in [0, 0.1) is 5.92 Å². The van der Waals surface area contributed by atoms with Gasteiger partial charge in [-0.05, 0) is 18.8 Å². The number of aliphatic carboxylic acids is 1. The number of nitrogens with zero attached hydrogens (tertiary/aromatic N) is 2. The molecule has 0 bridgehead atoms. The average Bonchev–Trinajstić information content (AvgIpc) is 2.83. The lowest BCUT2D eigenvalue weighted by atomic mass is 9.88. The molecule has 2 heterocycles. The average molecular weight is 344 g/mol. The number of carbonyl (C=O) groups is 1. The van der Waals surface area contributed by atoms with E-state index in [0.29, 0.717) is 12.5 Å². The molecular formula is C16H28N2O4S. The van der Waals surface area contributed by atoms with E-state index >= 15 is 0 Å². The van der Waals surface area contributed by atoms with Crippen molar-refractivity contribution in [2.24, 2.45) is 5.92 Å². The molecule has 3 rings (SSSR count). The third kappa shape index (κ3) is 4.25. The second-order valence-corrected chi connectivity index (χ2v) is 9.54. The summed E-state index contributed by atoms with van der Waals surface area (Å²) < 4.78 is 24.3. The predicted octanol–water partition coefficient (Wildman–Crippen LogP) is 0.825. The molecular weight excluding hydrogens is 316 g/mol. The maximum atomic E-state index is 12.1. The Morgan fingerprint density at radius 2 is 1.61 bits per heavy atom. The van der Waals surface area contributed by atoms with Crippen LogP contribution in [-0.2, 0) is 14.6 Å². The second kappa shape index (κ2) is 7.07. The fraction of sp³-hybridized carbons (Fsp3) is 0.938. The van der Waals surface area contributed by atoms with Crippen LogP contribution in [0.15, 0.2) is 0 Å². The maximum absolute atomic E-state index is 12.1. The van der Waals surface area contributed by atoms with Gasteiger partial charge >= 0.3 is 5.97 Å². The van der Waals surface area contributed by atoms with Gasteiger partial charge in [-0.2, -0.15) is 0 Å². The molecule has 0 aromatic heterocycles. The zero-order valence-electron chi connectivity index (χ0n) is 13.7. The molecule has 1 saturated carbocycles. The summed E-state index contributed by atoms with van der Waals surface area (Å²) in [7, 11) is -3.00. The van der Waals surface area contributed by atoms with Gasteiger partial charge in [0, 0.05) is 38.3 Å². The van der Waals surface area contributed by atoms with Crippen molar-refractivity contribution in [3.8, 4) is 0 Å². The lowest BCUT2D eigenvalue weighted by Gasteiger charge is -2.45. The summed E-state index contributed by atoms with van der Waals surface area (Å²) in [6.45, 7) is 3.14. The van der Waals surface area contributed by atoms with Gasteiger partial charge in [0.05, 0.1) is 17.9 Å². The Labute approximate surface area is 138 Å². The molecule has 7 heteroatoms. The quantitative estimate of drug-likeness (QED) is 0.796. The van der Waals surface area contributed by atoms with Crippen molar-refractivity contribution in [1.82, 2.24) is 9.80 Å². The lowest BCUT2D eigenvalue weighted by molar-refractivity contribution is -0.137. The normalized spacial score (nSPS) is 32.7. The minimum Gasteiger partial charge on any atom is -0.481 e. The SMILES string of the molecule is O=C(O)CCN1CCN(CC2CCCCC2)[C@H]2CS(=O)(=O)C[C@H]21. The van der Waals surface area contributed by atoms with E-state index in [2.05, 4.69) is 9.80 Å². The summed E-state index contributed by atoms with van der Waals surface area (Å²) in [5.74, 6) is 0.331. The van der Waals surface area contributed by atoms with Crippen LogP contribution < -0.4 is 0 Å². The van der Waals surface area contributed by atoms with Gasteiger partial charge in [-0.1, -0.05) is 19.3 Å². The van der Waals surface area contributed by atoms with Crippen LogP contribution in [0.2, 0.25) is 0 Å². The van der Waals surface area contributed by atoms with Crippen LogP contribution in [0.25, 0.3) is 0 Å². The maximum Gasteiger partial charge on any atom is 0.304 e. The van der Waals surface area contributed by atoms with E-state index in [-0.39, 0.29) is 30.0 Å². The third-order valence-corrected chi connectivity index (χ3v) is 7.44. The lowest BCUT2D eigenvalue weighted by Crippen LogP contribution is -2.60. The monoisotopic (exact) mass is 344 g/mol. The molecule has 0 aromatic rings. The number of carboxylic acid groups (broad SMARTS) is 1. The van der Waals surface area contributed by atoms with E-state index in [1.807, 2.05) is 0 Å². The Bertz CT molecular complexity index is 530. The molecule has 3 fully saturated rings. The first-order valence-corrected chi connectivity index (χ1v) is 10.7. The summed E-state index contributed by atoms with van der Waals surface area (Å²) in [6.07, 6.45) is 6.56. The first-order valence-electron chi connectivity index (χ1n) is 8.85. The zero-order chi connectivity index (χ0) is 16.4. The molecule has 6 nitrogen and oxygen atoms in total. The van der Waals surface area contributed by atoms with Crippen LogP contribution in [0.5, 0.6) is 0 Å². The summed E-state index contributed by atoms with van der Waals surface area (Å²) in [5, 5.41) is 8.90. The van der Waals surface area contributed by atoms with Crippen molar-refractivity contribution in [2.45, 2.75) is 50.6 Å². The van der Waals surface area contributed by atoms with Gasteiger partial charge < -0.3 is 5.11 Å². The van der Waals surface area contributed by atoms with E-state index in [4.69, 9.17) is 5.11 Å². The van der Waals surface area contributed by atoms with E-state index < -0.39 is 15.8 Å². The Balaban J connectivity index is 1.66. The molecule has 2 aliphatic heterocycles. The smallest absolute Gasteiger partial charge is 0.304 e. The number of fused-ring (bicyclic) bond motifs is 1. The summed E-state index contributed by atoms with van der Waals surface area (Å²) >= 11 is 0. The van der Waals surface area contributed by atoms with Gasteiger partial charge in [0.1, 0.15) is 0 Å². The highest BCUT2D eigenvalue weighted by atomic mass is 32.2. The highest BCUT2D eigenvalue weighted by Gasteiger charge is 2.46. The molecule has 1 aliphatic carbocycles. The molecule has 2 atom stereocenters. The van der Waals surface area contributed by atoms with Gasteiger partial charge in [0.2, 0.25) is 0 Å². The molecule has 0 aromatic carbocycles. The molecule has 0 unspecified atom stereocenters. The third-order valence-electron chi connectivity index (χ3n) is 5.74. The van der Waals surface area contributed by atoms with Crippen molar-refractivity contribution in [1.29, 1.82) is 0 Å². The predicted molar refractivity (Wildman–Crippen MR) is 88.2 cm³/mol. The number of carboxylic acids is 1. The number of piperazine rings is 1. The fourth-order valence-corrected chi connectivity index (χ4v) is 6.58. The van der Waals surface area contributed by atoms with Crippen molar-refractivity contribution >= 4 is 15.8 Å². The topological polar surface area (TPSA) is 77.9 Å². The van der Waals surface area contributed by atoms with Crippen molar-refractivity contribution in [3.63, 3.8) is 0 Å². The summed E-state index contributed by atoms with van der Waals surface area (Å²) in [4.78, 5) is 15.3. The van der Waals surface area contributed by atoms with Crippen LogP contribution >= 0.6 is 0 Å². The van der Waals surface area contributed by atoms with E-state index in [9.17, 15) is 13.2 Å².